The average Bonchev–Trinajstić information content (AvgIpc) is 2.79. The summed E-state index contributed by atoms with van der Waals surface area (Å²) in [5, 5.41) is 3.04. The van der Waals surface area contributed by atoms with Crippen LogP contribution in [-0.2, 0) is 11.2 Å². The Labute approximate surface area is 116 Å². The highest BCUT2D eigenvalue weighted by molar-refractivity contribution is 5.77. The largest absolute Gasteiger partial charge is 0.340 e. The molecule has 1 heterocycles. The number of nitrogens with one attached hydrogen (secondary N) is 1. The number of carbonyl (C=O) groups is 1. The molecule has 0 spiro atoms. The fraction of sp³-hybridized carbons (Fsp3) is 0.562. The first kappa shape index (κ1) is 14.1. The van der Waals surface area contributed by atoms with E-state index in [0.717, 1.165) is 25.9 Å². The van der Waals surface area contributed by atoms with Gasteiger partial charge in [-0.15, -0.1) is 0 Å². The standard InChI is InChI=1S/C16H24N2O/c1-13-15(12-14-6-4-3-5-7-14)9-11-18(13)16(19)8-10-17-2/h3-7,13,15,17H,8-12H2,1-2H3. The predicted molar refractivity (Wildman–Crippen MR) is 78.0 cm³/mol. The molecular formula is C16H24N2O. The maximum atomic E-state index is 12.1. The molecule has 3 nitrogen and oxygen atoms in total. The number of likely N-dealkylation sites (tertiary alicyclic amines) is 1. The highest BCUT2D eigenvalue weighted by atomic mass is 16.2. The minimum atomic E-state index is 0.289. The Bertz CT molecular complexity index is 404. The quantitative estimate of drug-likeness (QED) is 0.879. The van der Waals surface area contributed by atoms with Crippen molar-refractivity contribution in [1.82, 2.24) is 10.2 Å². The number of nitrogens with zero attached hydrogens (tertiary/aromatic N) is 1. The maximum absolute atomic E-state index is 12.1. The summed E-state index contributed by atoms with van der Waals surface area (Å²) in [4.78, 5) is 14.2. The monoisotopic (exact) mass is 260 g/mol. The zero-order valence-corrected chi connectivity index (χ0v) is 11.9. The molecule has 2 atom stereocenters. The Morgan fingerprint density at radius 1 is 1.37 bits per heavy atom. The Morgan fingerprint density at radius 2 is 2.11 bits per heavy atom. The molecule has 1 amide bonds. The summed E-state index contributed by atoms with van der Waals surface area (Å²) in [5.74, 6) is 0.887. The molecule has 0 aliphatic carbocycles. The number of hydrogen-bond acceptors (Lipinski definition) is 2. The van der Waals surface area contributed by atoms with Crippen molar-refractivity contribution in [2.75, 3.05) is 20.1 Å². The molecule has 0 saturated carbocycles. The first-order valence-corrected chi connectivity index (χ1v) is 7.20. The van der Waals surface area contributed by atoms with Gasteiger partial charge in [0.15, 0.2) is 0 Å². The van der Waals surface area contributed by atoms with Crippen LogP contribution in [0.4, 0.5) is 0 Å². The van der Waals surface area contributed by atoms with Crippen molar-refractivity contribution < 1.29 is 4.79 Å². The first-order chi connectivity index (χ1) is 9.22. The molecule has 19 heavy (non-hydrogen) atoms. The lowest BCUT2D eigenvalue weighted by atomic mass is 9.93. The number of benzene rings is 1. The third-order valence-corrected chi connectivity index (χ3v) is 4.16. The summed E-state index contributed by atoms with van der Waals surface area (Å²) in [6, 6.07) is 10.9. The zero-order valence-electron chi connectivity index (χ0n) is 11.9. The lowest BCUT2D eigenvalue weighted by molar-refractivity contribution is -0.131. The van der Waals surface area contributed by atoms with Crippen molar-refractivity contribution in [2.24, 2.45) is 5.92 Å². The average molecular weight is 260 g/mol. The fourth-order valence-corrected chi connectivity index (χ4v) is 2.92. The van der Waals surface area contributed by atoms with Crippen molar-refractivity contribution in [2.45, 2.75) is 32.2 Å². The van der Waals surface area contributed by atoms with Crippen molar-refractivity contribution >= 4 is 5.91 Å². The third kappa shape index (κ3) is 3.57. The lowest BCUT2D eigenvalue weighted by Crippen LogP contribution is -2.37. The van der Waals surface area contributed by atoms with Gasteiger partial charge in [0.25, 0.3) is 0 Å². The molecule has 0 aromatic heterocycles. The Balaban J connectivity index is 1.90. The van der Waals surface area contributed by atoms with E-state index in [4.69, 9.17) is 0 Å². The molecular weight excluding hydrogens is 236 g/mol. The molecule has 1 aliphatic rings. The van der Waals surface area contributed by atoms with Crippen LogP contribution in [0.1, 0.15) is 25.3 Å². The molecule has 1 saturated heterocycles. The molecule has 0 bridgehead atoms. The second-order valence-electron chi connectivity index (χ2n) is 5.42. The van der Waals surface area contributed by atoms with Gasteiger partial charge in [0.2, 0.25) is 5.91 Å². The molecule has 1 aromatic rings. The summed E-state index contributed by atoms with van der Waals surface area (Å²) in [6.45, 7) is 3.88. The summed E-state index contributed by atoms with van der Waals surface area (Å²) in [5.41, 5.74) is 1.38. The summed E-state index contributed by atoms with van der Waals surface area (Å²) in [7, 11) is 1.89. The summed E-state index contributed by atoms with van der Waals surface area (Å²) < 4.78 is 0. The van der Waals surface area contributed by atoms with E-state index in [1.54, 1.807) is 0 Å². The topological polar surface area (TPSA) is 32.3 Å². The number of carbonyl (C=O) groups excluding carboxylic acids is 1. The normalized spacial score (nSPS) is 22.7. The van der Waals surface area contributed by atoms with E-state index in [-0.39, 0.29) is 5.91 Å². The molecule has 1 N–H and O–H groups in total. The second-order valence-corrected chi connectivity index (χ2v) is 5.42. The molecule has 2 rings (SSSR count). The van der Waals surface area contributed by atoms with Gasteiger partial charge in [-0.3, -0.25) is 4.79 Å². The van der Waals surface area contributed by atoms with E-state index in [1.807, 2.05) is 7.05 Å². The summed E-state index contributed by atoms with van der Waals surface area (Å²) in [6.07, 6.45) is 2.82. The van der Waals surface area contributed by atoms with Crippen LogP contribution < -0.4 is 5.32 Å². The maximum Gasteiger partial charge on any atom is 0.224 e. The SMILES string of the molecule is CNCCC(=O)N1CCC(Cc2ccccc2)C1C. The highest BCUT2D eigenvalue weighted by Crippen LogP contribution is 2.27. The van der Waals surface area contributed by atoms with Crippen molar-refractivity contribution in [3.8, 4) is 0 Å². The predicted octanol–water partition coefficient (Wildman–Crippen LogP) is 2.08. The van der Waals surface area contributed by atoms with Crippen molar-refractivity contribution in [3.05, 3.63) is 35.9 Å². The second kappa shape index (κ2) is 6.71. The van der Waals surface area contributed by atoms with Crippen molar-refractivity contribution in [3.63, 3.8) is 0 Å². The molecule has 1 aromatic carbocycles. The molecule has 1 aliphatic heterocycles. The van der Waals surface area contributed by atoms with Gasteiger partial charge in [0, 0.05) is 25.6 Å². The molecule has 0 radical (unpaired) electrons. The van der Waals surface area contributed by atoms with Gasteiger partial charge in [0.1, 0.15) is 0 Å². The van der Waals surface area contributed by atoms with E-state index < -0.39 is 0 Å². The minimum absolute atomic E-state index is 0.289. The smallest absolute Gasteiger partial charge is 0.224 e. The molecule has 3 heteroatoms. The Morgan fingerprint density at radius 3 is 2.79 bits per heavy atom. The number of hydrogen-bond donors (Lipinski definition) is 1. The van der Waals surface area contributed by atoms with Crippen LogP contribution in [0.2, 0.25) is 0 Å². The van der Waals surface area contributed by atoms with Gasteiger partial charge in [0.05, 0.1) is 0 Å². The first-order valence-electron chi connectivity index (χ1n) is 7.20. The lowest BCUT2D eigenvalue weighted by Gasteiger charge is -2.25. The Hall–Kier alpha value is -1.35. The van der Waals surface area contributed by atoms with Gasteiger partial charge in [-0.1, -0.05) is 30.3 Å². The molecule has 1 fully saturated rings. The Kier molecular flexibility index (Phi) is 4.97. The van der Waals surface area contributed by atoms with Gasteiger partial charge in [-0.2, -0.15) is 0 Å². The van der Waals surface area contributed by atoms with Gasteiger partial charge >= 0.3 is 0 Å². The van der Waals surface area contributed by atoms with Crippen LogP contribution in [0.5, 0.6) is 0 Å². The van der Waals surface area contributed by atoms with Crippen LogP contribution in [-0.4, -0.2) is 37.0 Å². The van der Waals surface area contributed by atoms with Crippen LogP contribution in [0.25, 0.3) is 0 Å². The van der Waals surface area contributed by atoms with Crippen LogP contribution >= 0.6 is 0 Å². The third-order valence-electron chi connectivity index (χ3n) is 4.16. The van der Waals surface area contributed by atoms with E-state index in [0.29, 0.717) is 18.4 Å². The zero-order chi connectivity index (χ0) is 13.7. The van der Waals surface area contributed by atoms with Gasteiger partial charge in [-0.05, 0) is 38.3 Å². The minimum Gasteiger partial charge on any atom is -0.340 e. The van der Waals surface area contributed by atoms with Gasteiger partial charge < -0.3 is 10.2 Å². The van der Waals surface area contributed by atoms with Gasteiger partial charge in [-0.25, -0.2) is 0 Å². The van der Waals surface area contributed by atoms with E-state index in [1.165, 1.54) is 5.56 Å². The van der Waals surface area contributed by atoms with Crippen LogP contribution in [0.3, 0.4) is 0 Å². The van der Waals surface area contributed by atoms with E-state index >= 15 is 0 Å². The van der Waals surface area contributed by atoms with Crippen LogP contribution in [0, 0.1) is 5.92 Å². The van der Waals surface area contributed by atoms with Crippen LogP contribution in [0.15, 0.2) is 30.3 Å². The number of amides is 1. The highest BCUT2D eigenvalue weighted by Gasteiger charge is 2.33. The number of rotatable bonds is 5. The van der Waals surface area contributed by atoms with E-state index in [9.17, 15) is 4.79 Å². The van der Waals surface area contributed by atoms with Crippen molar-refractivity contribution in [1.29, 1.82) is 0 Å². The van der Waals surface area contributed by atoms with E-state index in [2.05, 4.69) is 47.5 Å². The fourth-order valence-electron chi connectivity index (χ4n) is 2.92. The summed E-state index contributed by atoms with van der Waals surface area (Å²) >= 11 is 0. The molecule has 2 unspecified atom stereocenters. The molecule has 104 valence electrons.